The number of fused-ring (bicyclic) bond motifs is 1. The predicted octanol–water partition coefficient (Wildman–Crippen LogP) is 1.79. The van der Waals surface area contributed by atoms with Crippen molar-refractivity contribution >= 4 is 23.8 Å². The Kier molecular flexibility index (Phi) is 6.81. The van der Waals surface area contributed by atoms with Crippen molar-refractivity contribution in [2.24, 2.45) is 5.10 Å². The normalized spacial score (nSPS) is 20.3. The molecule has 1 aromatic heterocycles. The second-order valence-electron chi connectivity index (χ2n) is 8.28. The summed E-state index contributed by atoms with van der Waals surface area (Å²) in [6.45, 7) is 6.42. The molecule has 176 valence electrons. The van der Waals surface area contributed by atoms with Gasteiger partial charge in [0.25, 0.3) is 0 Å². The number of rotatable bonds is 7. The number of hydrogen-bond acceptors (Lipinski definition) is 11. The minimum Gasteiger partial charge on any atom is -0.480 e. The largest absolute Gasteiger partial charge is 0.480 e. The minimum absolute atomic E-state index is 0.0656. The summed E-state index contributed by atoms with van der Waals surface area (Å²) in [6.07, 6.45) is 2.55. The highest BCUT2D eigenvalue weighted by Crippen LogP contribution is 2.30. The van der Waals surface area contributed by atoms with E-state index in [1.165, 1.54) is 19.5 Å². The first kappa shape index (κ1) is 23.3. The summed E-state index contributed by atoms with van der Waals surface area (Å²) in [7, 11) is 1.43. The van der Waals surface area contributed by atoms with Crippen LogP contribution in [-0.4, -0.2) is 65.5 Å². The molecule has 0 aliphatic carbocycles. The molecular formula is C23H26N8O3. The SMILES string of the molecule is COc1nc(N/N=C(\C=N)CN2C[C@@H](c3ccc4c(c3C)COC4=O)N[C@@H](C)C2)ncc1C#N. The second kappa shape index (κ2) is 9.94. The van der Waals surface area contributed by atoms with Crippen LogP contribution in [-0.2, 0) is 11.3 Å². The molecule has 2 aromatic rings. The molecular weight excluding hydrogens is 436 g/mol. The molecule has 0 unspecified atom stereocenters. The van der Waals surface area contributed by atoms with E-state index < -0.39 is 0 Å². The Morgan fingerprint density at radius 2 is 2.32 bits per heavy atom. The van der Waals surface area contributed by atoms with Crippen LogP contribution in [0.15, 0.2) is 23.4 Å². The van der Waals surface area contributed by atoms with Crippen molar-refractivity contribution in [3.05, 3.63) is 46.1 Å². The summed E-state index contributed by atoms with van der Waals surface area (Å²) in [4.78, 5) is 22.3. The molecule has 0 bridgehead atoms. The van der Waals surface area contributed by atoms with Gasteiger partial charge in [-0.1, -0.05) is 6.07 Å². The lowest BCUT2D eigenvalue weighted by Gasteiger charge is -2.38. The number of hydrazone groups is 1. The van der Waals surface area contributed by atoms with Crippen molar-refractivity contribution in [2.45, 2.75) is 32.5 Å². The lowest BCUT2D eigenvalue weighted by atomic mass is 9.92. The Morgan fingerprint density at radius 1 is 1.50 bits per heavy atom. The van der Waals surface area contributed by atoms with Gasteiger partial charge >= 0.3 is 5.97 Å². The summed E-state index contributed by atoms with van der Waals surface area (Å²) >= 11 is 0. The summed E-state index contributed by atoms with van der Waals surface area (Å²) in [5, 5.41) is 24.8. The molecule has 0 spiro atoms. The summed E-state index contributed by atoms with van der Waals surface area (Å²) in [5.74, 6) is 0.0638. The molecule has 1 saturated heterocycles. The van der Waals surface area contributed by atoms with E-state index in [1.807, 2.05) is 25.1 Å². The van der Waals surface area contributed by atoms with Crippen molar-refractivity contribution in [3.63, 3.8) is 0 Å². The highest BCUT2D eigenvalue weighted by atomic mass is 16.5. The van der Waals surface area contributed by atoms with E-state index in [9.17, 15) is 4.79 Å². The first-order chi connectivity index (χ1) is 16.4. The van der Waals surface area contributed by atoms with Gasteiger partial charge in [-0.3, -0.25) is 4.90 Å². The predicted molar refractivity (Wildman–Crippen MR) is 125 cm³/mol. The number of esters is 1. The molecule has 34 heavy (non-hydrogen) atoms. The minimum atomic E-state index is -0.264. The number of aromatic nitrogens is 2. The average Bonchev–Trinajstić information content (AvgIpc) is 3.22. The van der Waals surface area contributed by atoms with Crippen LogP contribution in [0.4, 0.5) is 5.95 Å². The molecule has 2 aliphatic heterocycles. The number of carbonyl (C=O) groups excluding carboxylic acids is 1. The van der Waals surface area contributed by atoms with Gasteiger partial charge in [-0.25, -0.2) is 15.2 Å². The fourth-order valence-corrected chi connectivity index (χ4v) is 4.35. The molecule has 3 heterocycles. The second-order valence-corrected chi connectivity index (χ2v) is 8.28. The maximum atomic E-state index is 11.9. The van der Waals surface area contributed by atoms with Crippen LogP contribution < -0.4 is 15.5 Å². The number of anilines is 1. The number of ether oxygens (including phenoxy) is 2. The highest BCUT2D eigenvalue weighted by molar-refractivity contribution is 6.30. The van der Waals surface area contributed by atoms with Gasteiger partial charge in [-0.15, -0.1) is 0 Å². The number of nitrogens with one attached hydrogen (secondary N) is 3. The summed E-state index contributed by atoms with van der Waals surface area (Å²) < 4.78 is 10.3. The van der Waals surface area contributed by atoms with E-state index in [1.54, 1.807) is 0 Å². The number of carbonyl (C=O) groups is 1. The molecule has 0 radical (unpaired) electrons. The Labute approximate surface area is 197 Å². The number of methoxy groups -OCH3 is 1. The average molecular weight is 463 g/mol. The van der Waals surface area contributed by atoms with Crippen LogP contribution in [0.3, 0.4) is 0 Å². The molecule has 2 atom stereocenters. The Hall–Kier alpha value is -3.88. The van der Waals surface area contributed by atoms with E-state index in [-0.39, 0.29) is 35.4 Å². The molecule has 3 N–H and O–H groups in total. The maximum absolute atomic E-state index is 11.9. The first-order valence-electron chi connectivity index (χ1n) is 10.9. The maximum Gasteiger partial charge on any atom is 0.338 e. The number of piperazine rings is 1. The van der Waals surface area contributed by atoms with Gasteiger partial charge < -0.3 is 20.2 Å². The summed E-state index contributed by atoms with van der Waals surface area (Å²) in [6, 6.07) is 6.09. The van der Waals surface area contributed by atoms with Gasteiger partial charge in [-0.05, 0) is 31.0 Å². The van der Waals surface area contributed by atoms with E-state index in [2.05, 4.69) is 37.6 Å². The molecule has 1 aromatic carbocycles. The quantitative estimate of drug-likeness (QED) is 0.318. The van der Waals surface area contributed by atoms with Crippen LogP contribution in [0.1, 0.15) is 45.6 Å². The Morgan fingerprint density at radius 3 is 3.06 bits per heavy atom. The fraction of sp³-hybridized carbons (Fsp3) is 0.391. The van der Waals surface area contributed by atoms with E-state index in [0.717, 1.165) is 23.2 Å². The zero-order valence-electron chi connectivity index (χ0n) is 19.3. The van der Waals surface area contributed by atoms with Crippen molar-refractivity contribution in [1.82, 2.24) is 20.2 Å². The number of hydrogen-bond donors (Lipinski definition) is 3. The Bertz CT molecular complexity index is 1190. The van der Waals surface area contributed by atoms with Crippen LogP contribution in [0.5, 0.6) is 5.88 Å². The van der Waals surface area contributed by atoms with Crippen LogP contribution in [0, 0.1) is 23.7 Å². The molecule has 2 aliphatic rings. The number of benzene rings is 1. The van der Waals surface area contributed by atoms with E-state index in [4.69, 9.17) is 20.1 Å². The van der Waals surface area contributed by atoms with Crippen molar-refractivity contribution in [1.29, 1.82) is 10.7 Å². The molecule has 1 fully saturated rings. The zero-order valence-corrected chi connectivity index (χ0v) is 19.3. The number of nitrogens with zero attached hydrogens (tertiary/aromatic N) is 5. The molecule has 0 amide bonds. The van der Waals surface area contributed by atoms with Gasteiger partial charge in [0.2, 0.25) is 11.8 Å². The van der Waals surface area contributed by atoms with Gasteiger partial charge in [0, 0.05) is 43.5 Å². The van der Waals surface area contributed by atoms with Gasteiger partial charge in [0.15, 0.2) is 0 Å². The standard InChI is InChI=1S/C23H26N8O3/c1-13-9-31(10-16(7-25)29-30-23-26-8-15(6-24)21(28-23)33-3)11-20(27-13)17-4-5-18-19(14(17)2)12-34-22(18)32/h4-5,7-8,13,20,25,27H,9-12H2,1-3H3,(H,26,28,30)/b25-7?,29-16+/t13-,20-/m0/s1. The van der Waals surface area contributed by atoms with Gasteiger partial charge in [-0.2, -0.15) is 15.3 Å². The van der Waals surface area contributed by atoms with Crippen LogP contribution in [0.2, 0.25) is 0 Å². The third kappa shape index (κ3) is 4.73. The molecule has 0 saturated carbocycles. The van der Waals surface area contributed by atoms with Crippen molar-refractivity contribution < 1.29 is 14.3 Å². The number of nitriles is 1. The van der Waals surface area contributed by atoms with Gasteiger partial charge in [0.05, 0.1) is 24.6 Å². The van der Waals surface area contributed by atoms with E-state index >= 15 is 0 Å². The molecule has 11 nitrogen and oxygen atoms in total. The van der Waals surface area contributed by atoms with Gasteiger partial charge in [0.1, 0.15) is 18.2 Å². The summed E-state index contributed by atoms with van der Waals surface area (Å²) in [5.41, 5.74) is 7.29. The lowest BCUT2D eigenvalue weighted by molar-refractivity contribution is 0.0535. The third-order valence-corrected chi connectivity index (χ3v) is 5.96. The topological polar surface area (TPSA) is 149 Å². The molecule has 11 heteroatoms. The smallest absolute Gasteiger partial charge is 0.338 e. The monoisotopic (exact) mass is 462 g/mol. The third-order valence-electron chi connectivity index (χ3n) is 5.96. The zero-order chi connectivity index (χ0) is 24.2. The number of cyclic esters (lactones) is 1. The van der Waals surface area contributed by atoms with E-state index in [0.29, 0.717) is 31.0 Å². The van der Waals surface area contributed by atoms with Crippen LogP contribution in [0.25, 0.3) is 0 Å². The fourth-order valence-electron chi connectivity index (χ4n) is 4.35. The van der Waals surface area contributed by atoms with Crippen molar-refractivity contribution in [3.8, 4) is 11.9 Å². The first-order valence-corrected chi connectivity index (χ1v) is 10.9. The Balaban J connectivity index is 1.47. The molecule has 4 rings (SSSR count). The highest BCUT2D eigenvalue weighted by Gasteiger charge is 2.30. The van der Waals surface area contributed by atoms with Crippen molar-refractivity contribution in [2.75, 3.05) is 32.2 Å². The van der Waals surface area contributed by atoms with Crippen LogP contribution >= 0.6 is 0 Å². The lowest BCUT2D eigenvalue weighted by Crippen LogP contribution is -2.52.